The summed E-state index contributed by atoms with van der Waals surface area (Å²) in [7, 11) is 1.31. The van der Waals surface area contributed by atoms with Crippen LogP contribution in [0.25, 0.3) is 0 Å². The number of rotatable bonds is 7. The van der Waals surface area contributed by atoms with Crippen molar-refractivity contribution in [2.45, 2.75) is 43.7 Å². The summed E-state index contributed by atoms with van der Waals surface area (Å²) in [6.45, 7) is 4.45. The van der Waals surface area contributed by atoms with Gasteiger partial charge in [0.15, 0.2) is 0 Å². The molecule has 1 saturated carbocycles. The van der Waals surface area contributed by atoms with Crippen molar-refractivity contribution in [3.8, 4) is 0 Å². The maximum atomic E-state index is 16.8. The lowest BCUT2D eigenvalue weighted by atomic mass is 9.74. The van der Waals surface area contributed by atoms with Crippen molar-refractivity contribution in [1.82, 2.24) is 4.90 Å². The lowest BCUT2D eigenvalue weighted by Gasteiger charge is -2.42. The molecular weight excluding hydrogens is 604 g/mol. The summed E-state index contributed by atoms with van der Waals surface area (Å²) < 4.78 is 21.6. The minimum absolute atomic E-state index is 0.226. The molecule has 4 aliphatic rings. The van der Waals surface area contributed by atoms with Crippen molar-refractivity contribution in [3.05, 3.63) is 94.3 Å². The first-order chi connectivity index (χ1) is 21.2. The largest absolute Gasteiger partial charge is 0.465 e. The molecule has 7 nitrogen and oxygen atoms in total. The number of esters is 1. The van der Waals surface area contributed by atoms with E-state index in [0.29, 0.717) is 40.0 Å². The molecule has 2 saturated heterocycles. The monoisotopic (exact) mass is 637 g/mol. The Kier molecular flexibility index (Phi) is 8.44. The summed E-state index contributed by atoms with van der Waals surface area (Å²) in [6.07, 6.45) is 9.58. The number of ether oxygens (including phenoxy) is 1. The fourth-order valence-electron chi connectivity index (χ4n) is 7.75. The van der Waals surface area contributed by atoms with Crippen molar-refractivity contribution < 1.29 is 23.5 Å². The Labute approximate surface area is 266 Å². The first-order valence-corrected chi connectivity index (χ1v) is 15.7. The van der Waals surface area contributed by atoms with Crippen molar-refractivity contribution in [3.63, 3.8) is 0 Å². The minimum atomic E-state index is -1.45. The van der Waals surface area contributed by atoms with E-state index in [1.807, 2.05) is 0 Å². The second-order valence-corrected chi connectivity index (χ2v) is 12.9. The van der Waals surface area contributed by atoms with Gasteiger partial charge in [-0.2, -0.15) is 0 Å². The number of anilines is 2. The molecule has 2 amide bonds. The van der Waals surface area contributed by atoms with Gasteiger partial charge < -0.3 is 15.0 Å². The topological polar surface area (TPSA) is 79.0 Å². The van der Waals surface area contributed by atoms with E-state index in [9.17, 15) is 14.4 Å². The molecule has 230 valence electrons. The van der Waals surface area contributed by atoms with Crippen LogP contribution in [-0.2, 0) is 19.9 Å². The molecule has 0 radical (unpaired) electrons. The van der Waals surface area contributed by atoms with E-state index in [0.717, 1.165) is 25.7 Å². The van der Waals surface area contributed by atoms with Crippen molar-refractivity contribution >= 4 is 52.4 Å². The second-order valence-electron chi connectivity index (χ2n) is 12.0. The van der Waals surface area contributed by atoms with Crippen LogP contribution in [0.3, 0.4) is 0 Å². The fraction of sp³-hybridized carbons (Fsp3) is 0.382. The highest BCUT2D eigenvalue weighted by molar-refractivity contribution is 6.31. The van der Waals surface area contributed by atoms with Crippen LogP contribution >= 0.6 is 23.2 Å². The van der Waals surface area contributed by atoms with Crippen LogP contribution < -0.4 is 10.2 Å². The highest BCUT2D eigenvalue weighted by Gasteiger charge is 2.71. The van der Waals surface area contributed by atoms with Crippen molar-refractivity contribution in [2.75, 3.05) is 30.4 Å². The first-order valence-electron chi connectivity index (χ1n) is 14.9. The maximum absolute atomic E-state index is 16.8. The van der Waals surface area contributed by atoms with Gasteiger partial charge in [0.25, 0.3) is 0 Å². The van der Waals surface area contributed by atoms with Gasteiger partial charge in [0, 0.05) is 46.1 Å². The number of benzene rings is 2. The zero-order valence-corrected chi connectivity index (χ0v) is 25.9. The molecule has 0 bridgehead atoms. The molecule has 2 aromatic carbocycles. The molecule has 4 atom stereocenters. The molecule has 3 aliphatic heterocycles. The van der Waals surface area contributed by atoms with Crippen LogP contribution in [0.15, 0.2) is 78.1 Å². The third-order valence-corrected chi connectivity index (χ3v) is 9.95. The molecular formula is C34H34Cl2FN3O4. The van der Waals surface area contributed by atoms with Crippen LogP contribution in [0, 0.1) is 17.8 Å². The van der Waals surface area contributed by atoms with Gasteiger partial charge in [0.2, 0.25) is 11.8 Å². The summed E-state index contributed by atoms with van der Waals surface area (Å²) in [5, 5.41) is 3.66. The van der Waals surface area contributed by atoms with Gasteiger partial charge in [-0.25, -0.2) is 9.18 Å². The SMILES string of the molecule is C=C(Cl)/C=C\C=C(/F)[C@@H]1[C@H]2C(=O)N(c3ccc(C(=O)OC)cc3)C[C@H]2N(CC2CCCCC2)[C@]12C(=O)Nc1cc(Cl)ccc12. The number of carbonyl (C=O) groups excluding carboxylic acids is 3. The average Bonchev–Trinajstić information content (AvgIpc) is 3.60. The Hall–Kier alpha value is -3.46. The van der Waals surface area contributed by atoms with Gasteiger partial charge >= 0.3 is 5.97 Å². The van der Waals surface area contributed by atoms with Crippen LogP contribution in [0.1, 0.15) is 48.0 Å². The van der Waals surface area contributed by atoms with Crippen LogP contribution in [-0.4, -0.2) is 48.9 Å². The normalized spacial score (nSPS) is 27.2. The molecule has 3 heterocycles. The number of likely N-dealkylation sites (tertiary alicyclic amines) is 1. The van der Waals surface area contributed by atoms with Gasteiger partial charge in [-0.3, -0.25) is 14.5 Å². The summed E-state index contributed by atoms with van der Waals surface area (Å²) in [5.41, 5.74) is 0.654. The van der Waals surface area contributed by atoms with Crippen LogP contribution in [0.2, 0.25) is 5.02 Å². The van der Waals surface area contributed by atoms with E-state index in [-0.39, 0.29) is 23.4 Å². The number of nitrogens with zero attached hydrogens (tertiary/aromatic N) is 2. The molecule has 44 heavy (non-hydrogen) atoms. The smallest absolute Gasteiger partial charge is 0.337 e. The van der Waals surface area contributed by atoms with E-state index in [1.165, 1.54) is 31.8 Å². The Balaban J connectivity index is 1.49. The summed E-state index contributed by atoms with van der Waals surface area (Å²) >= 11 is 12.2. The third kappa shape index (κ3) is 5.07. The molecule has 10 heteroatoms. The van der Waals surface area contributed by atoms with E-state index < -0.39 is 35.2 Å². The predicted octanol–water partition coefficient (Wildman–Crippen LogP) is 6.98. The molecule has 1 spiro atoms. The Morgan fingerprint density at radius 2 is 1.89 bits per heavy atom. The van der Waals surface area contributed by atoms with Gasteiger partial charge in [-0.15, -0.1) is 0 Å². The van der Waals surface area contributed by atoms with Gasteiger partial charge in [-0.1, -0.05) is 61.2 Å². The van der Waals surface area contributed by atoms with E-state index in [2.05, 4.69) is 16.8 Å². The van der Waals surface area contributed by atoms with Crippen molar-refractivity contribution in [1.29, 1.82) is 0 Å². The number of carbonyl (C=O) groups is 3. The quantitative estimate of drug-likeness (QED) is 0.262. The minimum Gasteiger partial charge on any atom is -0.465 e. The lowest BCUT2D eigenvalue weighted by molar-refractivity contribution is -0.130. The molecule has 6 rings (SSSR count). The Morgan fingerprint density at radius 3 is 2.57 bits per heavy atom. The third-order valence-electron chi connectivity index (χ3n) is 9.59. The number of hydrogen-bond donors (Lipinski definition) is 1. The second kappa shape index (κ2) is 12.1. The van der Waals surface area contributed by atoms with Gasteiger partial charge in [0.05, 0.1) is 24.5 Å². The van der Waals surface area contributed by atoms with E-state index in [4.69, 9.17) is 27.9 Å². The number of fused-ring (bicyclic) bond motifs is 3. The van der Waals surface area contributed by atoms with E-state index in [1.54, 1.807) is 47.4 Å². The standard InChI is InChI=1S/C34H34Cl2FN3O4/c1-20(35)7-6-10-26(37)30-29-28(19-39(31(29)41)24-14-11-22(12-15-24)32(42)44-2)40(18-21-8-4-3-5-9-21)34(30)25-16-13-23(36)17-27(25)38-33(34)43/h6-7,10-17,21,28-30H,1,3-5,8-9,18-19H2,2H3,(H,38,43)/b7-6-,26-10-/t28-,29+,30-,34+/m1/s1. The van der Waals surface area contributed by atoms with Crippen LogP contribution in [0.4, 0.5) is 15.8 Å². The molecule has 3 fully saturated rings. The fourth-order valence-corrected chi connectivity index (χ4v) is 8.00. The zero-order chi connectivity index (χ0) is 31.2. The molecule has 2 aromatic rings. The number of allylic oxidation sites excluding steroid dienone is 4. The Bertz CT molecular complexity index is 1570. The highest BCUT2D eigenvalue weighted by Crippen LogP contribution is 2.60. The molecule has 1 aliphatic carbocycles. The molecule has 0 unspecified atom stereocenters. The Morgan fingerprint density at radius 1 is 1.16 bits per heavy atom. The number of nitrogens with one attached hydrogen (secondary N) is 1. The number of hydrogen-bond acceptors (Lipinski definition) is 5. The van der Waals surface area contributed by atoms with E-state index >= 15 is 4.39 Å². The lowest BCUT2D eigenvalue weighted by Crippen LogP contribution is -2.56. The number of amides is 2. The maximum Gasteiger partial charge on any atom is 0.337 e. The summed E-state index contributed by atoms with van der Waals surface area (Å²) in [4.78, 5) is 44.5. The molecule has 0 aromatic heterocycles. The zero-order valence-electron chi connectivity index (χ0n) is 24.4. The predicted molar refractivity (Wildman–Crippen MR) is 169 cm³/mol. The highest BCUT2D eigenvalue weighted by atomic mass is 35.5. The molecule has 1 N–H and O–H groups in total. The number of methoxy groups -OCH3 is 1. The summed E-state index contributed by atoms with van der Waals surface area (Å²) in [5.74, 6) is -3.36. The van der Waals surface area contributed by atoms with Crippen LogP contribution in [0.5, 0.6) is 0 Å². The van der Waals surface area contributed by atoms with Gasteiger partial charge in [-0.05, 0) is 67.3 Å². The average molecular weight is 639 g/mol. The first kappa shape index (κ1) is 30.6. The number of halogens is 3. The van der Waals surface area contributed by atoms with Gasteiger partial charge in [0.1, 0.15) is 11.4 Å². The van der Waals surface area contributed by atoms with Crippen molar-refractivity contribution in [2.24, 2.45) is 17.8 Å². The summed E-state index contributed by atoms with van der Waals surface area (Å²) in [6, 6.07) is 11.3.